The minimum atomic E-state index is -0.352. The number of Topliss-reactive ketones (excluding diaryl/α,β-unsaturated/α-hetero) is 1. The second kappa shape index (κ2) is 5.48. The molecule has 1 atom stereocenters. The van der Waals surface area contributed by atoms with Gasteiger partial charge in [0.2, 0.25) is 11.8 Å². The SMILES string of the molecule is COCC(=O)CN1CC(=O)N2CCCCC2C1=O. The lowest BCUT2D eigenvalue weighted by molar-refractivity contribution is -0.158. The summed E-state index contributed by atoms with van der Waals surface area (Å²) >= 11 is 0. The number of piperidine rings is 1. The predicted octanol–water partition coefficient (Wildman–Crippen LogP) is -0.575. The van der Waals surface area contributed by atoms with E-state index < -0.39 is 0 Å². The molecule has 18 heavy (non-hydrogen) atoms. The number of amides is 2. The van der Waals surface area contributed by atoms with Gasteiger partial charge in [0.05, 0.1) is 6.54 Å². The van der Waals surface area contributed by atoms with E-state index in [0.29, 0.717) is 13.0 Å². The molecule has 6 nitrogen and oxygen atoms in total. The summed E-state index contributed by atoms with van der Waals surface area (Å²) < 4.78 is 4.73. The summed E-state index contributed by atoms with van der Waals surface area (Å²) in [5.74, 6) is -0.328. The molecule has 0 saturated carbocycles. The lowest BCUT2D eigenvalue weighted by Gasteiger charge is -2.42. The summed E-state index contributed by atoms with van der Waals surface area (Å²) in [5.41, 5.74) is 0. The summed E-state index contributed by atoms with van der Waals surface area (Å²) in [7, 11) is 1.43. The van der Waals surface area contributed by atoms with E-state index in [1.807, 2.05) is 0 Å². The number of hydrogen-bond donors (Lipinski definition) is 0. The maximum atomic E-state index is 12.2. The fraction of sp³-hybridized carbons (Fsp3) is 0.750. The standard InChI is InChI=1S/C12H18N2O4/c1-18-8-9(15)6-13-7-11(16)14-5-3-2-4-10(14)12(13)17/h10H,2-8H2,1H3. The minimum Gasteiger partial charge on any atom is -0.377 e. The first-order chi connectivity index (χ1) is 8.63. The molecule has 2 rings (SSSR count). The molecule has 1 unspecified atom stereocenters. The fourth-order valence-electron chi connectivity index (χ4n) is 2.58. The average molecular weight is 254 g/mol. The molecule has 0 aliphatic carbocycles. The maximum absolute atomic E-state index is 12.2. The van der Waals surface area contributed by atoms with Crippen LogP contribution in [-0.2, 0) is 19.1 Å². The zero-order chi connectivity index (χ0) is 13.1. The Labute approximate surface area is 106 Å². The van der Waals surface area contributed by atoms with Crippen molar-refractivity contribution in [3.05, 3.63) is 0 Å². The molecule has 0 aromatic heterocycles. The highest BCUT2D eigenvalue weighted by molar-refractivity contribution is 5.97. The third-order valence-corrected chi connectivity index (χ3v) is 3.42. The average Bonchev–Trinajstić information content (AvgIpc) is 2.36. The van der Waals surface area contributed by atoms with Crippen LogP contribution in [0.4, 0.5) is 0 Å². The van der Waals surface area contributed by atoms with Crippen molar-refractivity contribution < 1.29 is 19.1 Å². The highest BCUT2D eigenvalue weighted by Gasteiger charge is 2.40. The first kappa shape index (κ1) is 13.0. The van der Waals surface area contributed by atoms with Gasteiger partial charge in [0.1, 0.15) is 19.2 Å². The van der Waals surface area contributed by atoms with Gasteiger partial charge in [-0.3, -0.25) is 14.4 Å². The van der Waals surface area contributed by atoms with Crippen molar-refractivity contribution in [3.63, 3.8) is 0 Å². The molecule has 0 bridgehead atoms. The molecule has 0 spiro atoms. The molecule has 2 aliphatic heterocycles. The van der Waals surface area contributed by atoms with E-state index in [0.717, 1.165) is 12.8 Å². The Bertz CT molecular complexity index is 367. The second-order valence-corrected chi connectivity index (χ2v) is 4.76. The Morgan fingerprint density at radius 3 is 2.89 bits per heavy atom. The second-order valence-electron chi connectivity index (χ2n) is 4.76. The fourth-order valence-corrected chi connectivity index (χ4v) is 2.58. The summed E-state index contributed by atoms with van der Waals surface area (Å²) in [5, 5.41) is 0. The number of nitrogens with zero attached hydrogens (tertiary/aromatic N) is 2. The van der Waals surface area contributed by atoms with Crippen LogP contribution in [0, 0.1) is 0 Å². The number of carbonyl (C=O) groups excluding carboxylic acids is 3. The minimum absolute atomic E-state index is 0.0186. The Balaban J connectivity index is 2.03. The summed E-state index contributed by atoms with van der Waals surface area (Å²) in [6, 6.07) is -0.352. The maximum Gasteiger partial charge on any atom is 0.246 e. The van der Waals surface area contributed by atoms with Crippen LogP contribution in [0.3, 0.4) is 0 Å². The van der Waals surface area contributed by atoms with E-state index in [2.05, 4.69) is 0 Å². The molecule has 0 aromatic carbocycles. The molecular weight excluding hydrogens is 236 g/mol. The molecule has 2 amide bonds. The third kappa shape index (κ3) is 2.53. The van der Waals surface area contributed by atoms with E-state index in [1.54, 1.807) is 4.90 Å². The molecule has 0 radical (unpaired) electrons. The summed E-state index contributed by atoms with van der Waals surface area (Å²) in [6.07, 6.45) is 2.62. The van der Waals surface area contributed by atoms with Gasteiger partial charge in [-0.25, -0.2) is 0 Å². The van der Waals surface area contributed by atoms with Crippen molar-refractivity contribution in [2.75, 3.05) is 33.4 Å². The zero-order valence-electron chi connectivity index (χ0n) is 10.6. The van der Waals surface area contributed by atoms with E-state index in [9.17, 15) is 14.4 Å². The van der Waals surface area contributed by atoms with Crippen LogP contribution < -0.4 is 0 Å². The first-order valence-electron chi connectivity index (χ1n) is 6.22. The van der Waals surface area contributed by atoms with Gasteiger partial charge >= 0.3 is 0 Å². The van der Waals surface area contributed by atoms with Gasteiger partial charge in [-0.1, -0.05) is 0 Å². The molecule has 0 aromatic rings. The van der Waals surface area contributed by atoms with Gasteiger partial charge in [-0.05, 0) is 19.3 Å². The van der Waals surface area contributed by atoms with Gasteiger partial charge in [0.15, 0.2) is 5.78 Å². The third-order valence-electron chi connectivity index (χ3n) is 3.42. The lowest BCUT2D eigenvalue weighted by atomic mass is 9.98. The van der Waals surface area contributed by atoms with Crippen LogP contribution in [0.25, 0.3) is 0 Å². The van der Waals surface area contributed by atoms with Crippen LogP contribution in [0.2, 0.25) is 0 Å². The molecule has 2 fully saturated rings. The largest absolute Gasteiger partial charge is 0.377 e. The van der Waals surface area contributed by atoms with Crippen molar-refractivity contribution in [3.8, 4) is 0 Å². The monoisotopic (exact) mass is 254 g/mol. The Hall–Kier alpha value is -1.43. The van der Waals surface area contributed by atoms with Gasteiger partial charge in [-0.15, -0.1) is 0 Å². The van der Waals surface area contributed by atoms with E-state index in [1.165, 1.54) is 12.0 Å². The van der Waals surface area contributed by atoms with Crippen molar-refractivity contribution in [2.45, 2.75) is 25.3 Å². The number of rotatable bonds is 4. The topological polar surface area (TPSA) is 66.9 Å². The normalized spacial score (nSPS) is 24.2. The van der Waals surface area contributed by atoms with Gasteiger partial charge in [0.25, 0.3) is 0 Å². The van der Waals surface area contributed by atoms with Crippen LogP contribution >= 0.6 is 0 Å². The van der Waals surface area contributed by atoms with Crippen LogP contribution in [0.5, 0.6) is 0 Å². The van der Waals surface area contributed by atoms with Gasteiger partial charge < -0.3 is 14.5 Å². The smallest absolute Gasteiger partial charge is 0.246 e. The molecule has 0 N–H and O–H groups in total. The van der Waals surface area contributed by atoms with Crippen LogP contribution in [0.15, 0.2) is 0 Å². The Kier molecular flexibility index (Phi) is 3.96. The van der Waals surface area contributed by atoms with E-state index in [4.69, 9.17) is 4.74 Å². The lowest BCUT2D eigenvalue weighted by Crippen LogP contribution is -2.62. The molecule has 2 heterocycles. The number of hydrogen-bond acceptors (Lipinski definition) is 4. The van der Waals surface area contributed by atoms with Crippen molar-refractivity contribution in [1.29, 1.82) is 0 Å². The first-order valence-corrected chi connectivity index (χ1v) is 6.22. The number of ether oxygens (including phenoxy) is 1. The molecule has 6 heteroatoms. The number of piperazine rings is 1. The quantitative estimate of drug-likeness (QED) is 0.673. The summed E-state index contributed by atoms with van der Waals surface area (Å²) in [6.45, 7) is 0.634. The van der Waals surface area contributed by atoms with E-state index >= 15 is 0 Å². The van der Waals surface area contributed by atoms with E-state index in [-0.39, 0.29) is 43.3 Å². The molecule has 2 aliphatic rings. The van der Waals surface area contributed by atoms with Crippen molar-refractivity contribution >= 4 is 17.6 Å². The van der Waals surface area contributed by atoms with Crippen molar-refractivity contribution in [1.82, 2.24) is 9.80 Å². The van der Waals surface area contributed by atoms with Gasteiger partial charge in [0, 0.05) is 13.7 Å². The van der Waals surface area contributed by atoms with Crippen LogP contribution in [0.1, 0.15) is 19.3 Å². The molecule has 100 valence electrons. The Morgan fingerprint density at radius 1 is 1.39 bits per heavy atom. The zero-order valence-corrected chi connectivity index (χ0v) is 10.6. The molecule has 2 saturated heterocycles. The number of ketones is 1. The Morgan fingerprint density at radius 2 is 2.17 bits per heavy atom. The highest BCUT2D eigenvalue weighted by atomic mass is 16.5. The van der Waals surface area contributed by atoms with Crippen LogP contribution in [-0.4, -0.2) is 66.8 Å². The van der Waals surface area contributed by atoms with Crippen molar-refractivity contribution in [2.24, 2.45) is 0 Å². The molecular formula is C12H18N2O4. The number of methoxy groups -OCH3 is 1. The summed E-state index contributed by atoms with van der Waals surface area (Å²) in [4.78, 5) is 38.6. The number of fused-ring (bicyclic) bond motifs is 1. The number of carbonyl (C=O) groups is 3. The van der Waals surface area contributed by atoms with Gasteiger partial charge in [-0.2, -0.15) is 0 Å². The highest BCUT2D eigenvalue weighted by Crippen LogP contribution is 2.22. The predicted molar refractivity (Wildman–Crippen MR) is 62.8 cm³/mol.